The van der Waals surface area contributed by atoms with Gasteiger partial charge in [-0.25, -0.2) is 0 Å². The zero-order chi connectivity index (χ0) is 11.8. The van der Waals surface area contributed by atoms with E-state index in [0.717, 1.165) is 12.2 Å². The van der Waals surface area contributed by atoms with Gasteiger partial charge in [0.25, 0.3) is 0 Å². The molecule has 0 amide bonds. The van der Waals surface area contributed by atoms with E-state index in [-0.39, 0.29) is 0 Å². The summed E-state index contributed by atoms with van der Waals surface area (Å²) in [6.07, 6.45) is 5.32. The lowest BCUT2D eigenvalue weighted by molar-refractivity contribution is 0.693. The number of benzene rings is 1. The van der Waals surface area contributed by atoms with Crippen molar-refractivity contribution in [2.45, 2.75) is 39.2 Å². The van der Waals surface area contributed by atoms with Crippen molar-refractivity contribution in [2.24, 2.45) is 0 Å². The van der Waals surface area contributed by atoms with E-state index in [4.69, 9.17) is 0 Å². The molecule has 1 aromatic heterocycles. The molecule has 0 N–H and O–H groups in total. The molecular weight excluding hydrogens is 210 g/mol. The van der Waals surface area contributed by atoms with Gasteiger partial charge in [-0.15, -0.1) is 10.2 Å². The van der Waals surface area contributed by atoms with Gasteiger partial charge >= 0.3 is 0 Å². The number of nitrogens with zero attached hydrogens (tertiary/aromatic N) is 3. The Morgan fingerprint density at radius 2 is 2.12 bits per heavy atom. The molecule has 1 aliphatic rings. The van der Waals surface area contributed by atoms with Crippen LogP contribution in [0.5, 0.6) is 0 Å². The first-order chi connectivity index (χ1) is 8.24. The maximum atomic E-state index is 4.26. The molecule has 3 heteroatoms. The molecule has 88 valence electrons. The summed E-state index contributed by atoms with van der Waals surface area (Å²) in [7, 11) is 0. The molecule has 1 heterocycles. The number of hydrogen-bond donors (Lipinski definition) is 0. The monoisotopic (exact) mass is 227 g/mol. The van der Waals surface area contributed by atoms with Gasteiger partial charge in [-0.1, -0.05) is 23.8 Å². The van der Waals surface area contributed by atoms with Crippen molar-refractivity contribution in [3.8, 4) is 0 Å². The molecule has 0 aliphatic heterocycles. The first-order valence-electron chi connectivity index (χ1n) is 6.18. The normalized spacial score (nSPS) is 15.2. The van der Waals surface area contributed by atoms with Crippen LogP contribution in [0.15, 0.2) is 24.5 Å². The second-order valence-electron chi connectivity index (χ2n) is 4.99. The molecule has 0 radical (unpaired) electrons. The Morgan fingerprint density at radius 3 is 2.88 bits per heavy atom. The van der Waals surface area contributed by atoms with Crippen LogP contribution in [0, 0.1) is 13.8 Å². The minimum absolute atomic E-state index is 0.658. The molecule has 1 aromatic carbocycles. The van der Waals surface area contributed by atoms with E-state index in [1.54, 1.807) is 0 Å². The van der Waals surface area contributed by atoms with Crippen LogP contribution >= 0.6 is 0 Å². The molecule has 1 saturated carbocycles. The third kappa shape index (κ3) is 2.09. The molecular formula is C14H17N3. The molecule has 0 bridgehead atoms. The van der Waals surface area contributed by atoms with Gasteiger partial charge < -0.3 is 4.57 Å². The van der Waals surface area contributed by atoms with E-state index in [1.165, 1.54) is 29.5 Å². The summed E-state index contributed by atoms with van der Waals surface area (Å²) in [6, 6.07) is 7.25. The Morgan fingerprint density at radius 1 is 1.29 bits per heavy atom. The Bertz CT molecular complexity index is 538. The van der Waals surface area contributed by atoms with E-state index in [1.807, 2.05) is 6.33 Å². The highest BCUT2D eigenvalue weighted by molar-refractivity contribution is 5.32. The van der Waals surface area contributed by atoms with Crippen molar-refractivity contribution < 1.29 is 0 Å². The molecule has 1 fully saturated rings. The Labute approximate surface area is 101 Å². The fraction of sp³-hybridized carbons (Fsp3) is 0.429. The van der Waals surface area contributed by atoms with Crippen LogP contribution in [0.4, 0.5) is 0 Å². The summed E-state index contributed by atoms with van der Waals surface area (Å²) in [4.78, 5) is 0. The van der Waals surface area contributed by atoms with Crippen LogP contribution in [0.1, 0.15) is 41.4 Å². The van der Waals surface area contributed by atoms with Crippen LogP contribution in [0.25, 0.3) is 0 Å². The molecule has 17 heavy (non-hydrogen) atoms. The minimum atomic E-state index is 0.658. The predicted molar refractivity (Wildman–Crippen MR) is 67.0 cm³/mol. The molecule has 3 rings (SSSR count). The van der Waals surface area contributed by atoms with Crippen molar-refractivity contribution >= 4 is 0 Å². The van der Waals surface area contributed by atoms with E-state index in [9.17, 15) is 0 Å². The van der Waals surface area contributed by atoms with Crippen LogP contribution < -0.4 is 0 Å². The summed E-state index contributed by atoms with van der Waals surface area (Å²) >= 11 is 0. The Kier molecular flexibility index (Phi) is 2.46. The third-order valence-corrected chi connectivity index (χ3v) is 3.44. The minimum Gasteiger partial charge on any atom is -0.314 e. The summed E-state index contributed by atoms with van der Waals surface area (Å²) in [5.74, 6) is 1.10. The molecule has 0 unspecified atom stereocenters. The second-order valence-corrected chi connectivity index (χ2v) is 4.99. The van der Waals surface area contributed by atoms with E-state index in [0.29, 0.717) is 6.04 Å². The van der Waals surface area contributed by atoms with Crippen LogP contribution in [0.3, 0.4) is 0 Å². The first-order valence-corrected chi connectivity index (χ1v) is 6.18. The van der Waals surface area contributed by atoms with E-state index < -0.39 is 0 Å². The first kappa shape index (κ1) is 10.5. The maximum Gasteiger partial charge on any atom is 0.137 e. The van der Waals surface area contributed by atoms with Crippen molar-refractivity contribution in [2.75, 3.05) is 0 Å². The average Bonchev–Trinajstić information content (AvgIpc) is 3.05. The highest BCUT2D eigenvalue weighted by Crippen LogP contribution is 2.35. The Hall–Kier alpha value is -1.64. The van der Waals surface area contributed by atoms with E-state index in [2.05, 4.69) is 46.8 Å². The second kappa shape index (κ2) is 3.99. The fourth-order valence-electron chi connectivity index (χ4n) is 2.21. The molecule has 0 saturated heterocycles. The van der Waals surface area contributed by atoms with Crippen LogP contribution in [-0.4, -0.2) is 14.8 Å². The lowest BCUT2D eigenvalue weighted by Crippen LogP contribution is -2.03. The summed E-state index contributed by atoms with van der Waals surface area (Å²) in [5.41, 5.74) is 4.00. The number of hydrogen-bond acceptors (Lipinski definition) is 2. The largest absolute Gasteiger partial charge is 0.314 e. The van der Waals surface area contributed by atoms with Gasteiger partial charge in [0.2, 0.25) is 0 Å². The van der Waals surface area contributed by atoms with Crippen molar-refractivity contribution in [3.63, 3.8) is 0 Å². The topological polar surface area (TPSA) is 30.7 Å². The van der Waals surface area contributed by atoms with Gasteiger partial charge in [0.15, 0.2) is 0 Å². The standard InChI is InChI=1S/C14H17N3/c1-10-3-4-11(2)12(7-10)8-14-16-15-9-17(14)13-5-6-13/h3-4,7,9,13H,5-6,8H2,1-2H3. The van der Waals surface area contributed by atoms with Gasteiger partial charge in [0.05, 0.1) is 0 Å². The van der Waals surface area contributed by atoms with Gasteiger partial charge in [-0.2, -0.15) is 0 Å². The molecule has 3 nitrogen and oxygen atoms in total. The van der Waals surface area contributed by atoms with Gasteiger partial charge in [0, 0.05) is 12.5 Å². The highest BCUT2D eigenvalue weighted by Gasteiger charge is 2.26. The number of rotatable bonds is 3. The lowest BCUT2D eigenvalue weighted by atomic mass is 10.0. The third-order valence-electron chi connectivity index (χ3n) is 3.44. The molecule has 2 aromatic rings. The SMILES string of the molecule is Cc1ccc(C)c(Cc2nncn2C2CC2)c1. The molecule has 1 aliphatic carbocycles. The van der Waals surface area contributed by atoms with Crippen molar-refractivity contribution in [3.05, 3.63) is 47.0 Å². The highest BCUT2D eigenvalue weighted by atomic mass is 15.3. The number of aryl methyl sites for hydroxylation is 2. The zero-order valence-corrected chi connectivity index (χ0v) is 10.3. The van der Waals surface area contributed by atoms with Crippen molar-refractivity contribution in [1.29, 1.82) is 0 Å². The predicted octanol–water partition coefficient (Wildman–Crippen LogP) is 2.82. The lowest BCUT2D eigenvalue weighted by Gasteiger charge is -2.08. The number of aromatic nitrogens is 3. The zero-order valence-electron chi connectivity index (χ0n) is 10.3. The summed E-state index contributed by atoms with van der Waals surface area (Å²) in [5, 5.41) is 8.30. The van der Waals surface area contributed by atoms with Gasteiger partial charge in [-0.05, 0) is 37.8 Å². The summed E-state index contributed by atoms with van der Waals surface area (Å²) in [6.45, 7) is 4.29. The average molecular weight is 227 g/mol. The fourth-order valence-corrected chi connectivity index (χ4v) is 2.21. The molecule has 0 spiro atoms. The Balaban J connectivity index is 1.90. The quantitative estimate of drug-likeness (QED) is 0.807. The smallest absolute Gasteiger partial charge is 0.137 e. The van der Waals surface area contributed by atoms with E-state index >= 15 is 0 Å². The molecule has 0 atom stereocenters. The van der Waals surface area contributed by atoms with Gasteiger partial charge in [-0.3, -0.25) is 0 Å². The maximum absolute atomic E-state index is 4.26. The van der Waals surface area contributed by atoms with Crippen LogP contribution in [-0.2, 0) is 6.42 Å². The summed E-state index contributed by atoms with van der Waals surface area (Å²) < 4.78 is 2.24. The van der Waals surface area contributed by atoms with Crippen LogP contribution in [0.2, 0.25) is 0 Å². The van der Waals surface area contributed by atoms with Crippen molar-refractivity contribution in [1.82, 2.24) is 14.8 Å². The van der Waals surface area contributed by atoms with Gasteiger partial charge in [0.1, 0.15) is 12.2 Å².